The summed E-state index contributed by atoms with van der Waals surface area (Å²) < 4.78 is 0. The van der Waals surface area contributed by atoms with Crippen molar-refractivity contribution in [1.29, 1.82) is 0 Å². The van der Waals surface area contributed by atoms with E-state index in [1.807, 2.05) is 42.5 Å². The van der Waals surface area contributed by atoms with E-state index < -0.39 is 0 Å². The van der Waals surface area contributed by atoms with Gasteiger partial charge in [-0.25, -0.2) is 0 Å². The van der Waals surface area contributed by atoms with Crippen molar-refractivity contribution in [2.45, 2.75) is 38.5 Å². The van der Waals surface area contributed by atoms with Crippen LogP contribution in [0.2, 0.25) is 10.0 Å². The Labute approximate surface area is 167 Å². The monoisotopic (exact) mass is 387 g/mol. The van der Waals surface area contributed by atoms with Crippen LogP contribution in [-0.2, 0) is 6.42 Å². The molecule has 0 bridgehead atoms. The first-order valence-electron chi connectivity index (χ1n) is 9.51. The molecule has 0 amide bonds. The quantitative estimate of drug-likeness (QED) is 0.535. The van der Waals surface area contributed by atoms with E-state index >= 15 is 0 Å². The van der Waals surface area contributed by atoms with Crippen LogP contribution < -0.4 is 5.73 Å². The van der Waals surface area contributed by atoms with Crippen molar-refractivity contribution in [3.8, 4) is 11.1 Å². The second-order valence-electron chi connectivity index (χ2n) is 7.38. The highest BCUT2D eigenvalue weighted by Gasteiger charge is 2.25. The van der Waals surface area contributed by atoms with Crippen LogP contribution in [0, 0.1) is 11.8 Å². The SMILES string of the molecule is C=C(Cc1cc(Cl)c(-c2ccccc2)c(Cl)c1)C(CN)C1CCCCC1. The predicted octanol–water partition coefficient (Wildman–Crippen LogP) is 6.91. The van der Waals surface area contributed by atoms with Gasteiger partial charge < -0.3 is 5.73 Å². The Hall–Kier alpha value is -1.28. The molecule has 0 saturated heterocycles. The van der Waals surface area contributed by atoms with Gasteiger partial charge in [0.1, 0.15) is 0 Å². The summed E-state index contributed by atoms with van der Waals surface area (Å²) in [6.45, 7) is 5.04. The normalized spacial score (nSPS) is 16.4. The van der Waals surface area contributed by atoms with Crippen LogP contribution in [0.5, 0.6) is 0 Å². The van der Waals surface area contributed by atoms with Gasteiger partial charge in [0, 0.05) is 5.56 Å². The molecule has 1 saturated carbocycles. The lowest BCUT2D eigenvalue weighted by Crippen LogP contribution is -2.27. The Morgan fingerprint density at radius 3 is 2.23 bits per heavy atom. The number of nitrogens with two attached hydrogens (primary N) is 1. The third-order valence-corrected chi connectivity index (χ3v) is 6.19. The Morgan fingerprint density at radius 1 is 1.04 bits per heavy atom. The topological polar surface area (TPSA) is 26.0 Å². The third kappa shape index (κ3) is 4.52. The average molecular weight is 388 g/mol. The summed E-state index contributed by atoms with van der Waals surface area (Å²) in [5, 5.41) is 1.38. The van der Waals surface area contributed by atoms with Gasteiger partial charge in [-0.3, -0.25) is 0 Å². The molecule has 0 spiro atoms. The highest BCUT2D eigenvalue weighted by Crippen LogP contribution is 2.38. The first-order chi connectivity index (χ1) is 12.6. The van der Waals surface area contributed by atoms with Gasteiger partial charge in [-0.05, 0) is 60.9 Å². The maximum absolute atomic E-state index is 6.58. The average Bonchev–Trinajstić information content (AvgIpc) is 2.63. The molecule has 3 rings (SSSR count). The fourth-order valence-electron chi connectivity index (χ4n) is 4.23. The van der Waals surface area contributed by atoms with E-state index in [1.54, 1.807) is 0 Å². The summed E-state index contributed by atoms with van der Waals surface area (Å²) in [7, 11) is 0. The zero-order valence-corrected chi connectivity index (χ0v) is 16.7. The van der Waals surface area contributed by atoms with Crippen molar-refractivity contribution in [3.05, 3.63) is 70.2 Å². The first-order valence-corrected chi connectivity index (χ1v) is 10.3. The molecule has 0 aromatic heterocycles. The molecule has 0 heterocycles. The van der Waals surface area contributed by atoms with E-state index in [4.69, 9.17) is 28.9 Å². The molecule has 2 N–H and O–H groups in total. The Balaban J connectivity index is 1.78. The maximum Gasteiger partial charge on any atom is 0.0502 e. The van der Waals surface area contributed by atoms with Crippen LogP contribution >= 0.6 is 23.2 Å². The molecule has 1 aliphatic carbocycles. The van der Waals surface area contributed by atoms with E-state index in [0.717, 1.165) is 23.1 Å². The zero-order chi connectivity index (χ0) is 18.5. The van der Waals surface area contributed by atoms with E-state index in [9.17, 15) is 0 Å². The summed E-state index contributed by atoms with van der Waals surface area (Å²) in [6, 6.07) is 14.1. The number of rotatable bonds is 6. The van der Waals surface area contributed by atoms with Crippen LogP contribution in [-0.4, -0.2) is 6.54 Å². The van der Waals surface area contributed by atoms with Crippen molar-refractivity contribution in [2.24, 2.45) is 17.6 Å². The van der Waals surface area contributed by atoms with E-state index in [-0.39, 0.29) is 0 Å². The summed E-state index contributed by atoms with van der Waals surface area (Å²) in [5.74, 6) is 1.07. The molecular weight excluding hydrogens is 361 g/mol. The highest BCUT2D eigenvalue weighted by molar-refractivity contribution is 6.39. The summed E-state index contributed by atoms with van der Waals surface area (Å²) in [4.78, 5) is 0. The Morgan fingerprint density at radius 2 is 1.65 bits per heavy atom. The second-order valence-corrected chi connectivity index (χ2v) is 8.19. The van der Waals surface area contributed by atoms with Gasteiger partial charge in [0.05, 0.1) is 10.0 Å². The van der Waals surface area contributed by atoms with Gasteiger partial charge >= 0.3 is 0 Å². The number of benzene rings is 2. The molecule has 0 aliphatic heterocycles. The lowest BCUT2D eigenvalue weighted by Gasteiger charge is -2.31. The molecule has 1 nitrogen and oxygen atoms in total. The van der Waals surface area contributed by atoms with E-state index in [0.29, 0.717) is 28.4 Å². The van der Waals surface area contributed by atoms with Gasteiger partial charge in [-0.2, -0.15) is 0 Å². The molecule has 1 fully saturated rings. The van der Waals surface area contributed by atoms with Crippen molar-refractivity contribution >= 4 is 23.2 Å². The fourth-order valence-corrected chi connectivity index (χ4v) is 4.98. The molecule has 1 unspecified atom stereocenters. The molecule has 1 aliphatic rings. The molecule has 0 radical (unpaired) electrons. The van der Waals surface area contributed by atoms with Crippen LogP contribution in [0.25, 0.3) is 11.1 Å². The zero-order valence-electron chi connectivity index (χ0n) is 15.2. The molecule has 1 atom stereocenters. The van der Waals surface area contributed by atoms with Crippen molar-refractivity contribution in [1.82, 2.24) is 0 Å². The standard InChI is InChI=1S/C23H27Cl2N/c1-16(20(15-26)18-8-4-2-5-9-18)12-17-13-21(24)23(22(25)14-17)19-10-6-3-7-11-19/h3,6-7,10-11,13-14,18,20H,1-2,4-5,8-9,12,15,26H2. The van der Waals surface area contributed by atoms with Crippen molar-refractivity contribution in [2.75, 3.05) is 6.54 Å². The fraction of sp³-hybridized carbons (Fsp3) is 0.391. The third-order valence-electron chi connectivity index (χ3n) is 5.59. The molecular formula is C23H27Cl2N. The van der Waals surface area contributed by atoms with Crippen LogP contribution in [0.3, 0.4) is 0 Å². The van der Waals surface area contributed by atoms with E-state index in [2.05, 4.69) is 6.58 Å². The van der Waals surface area contributed by atoms with E-state index in [1.165, 1.54) is 37.7 Å². The maximum atomic E-state index is 6.58. The van der Waals surface area contributed by atoms with Gasteiger partial charge in [0.15, 0.2) is 0 Å². The summed E-state index contributed by atoms with van der Waals surface area (Å²) >= 11 is 13.2. The molecule has 2 aromatic rings. The minimum atomic E-state index is 0.390. The lowest BCUT2D eigenvalue weighted by molar-refractivity contribution is 0.279. The predicted molar refractivity (Wildman–Crippen MR) is 114 cm³/mol. The summed E-state index contributed by atoms with van der Waals surface area (Å²) in [6.07, 6.45) is 7.32. The van der Waals surface area contributed by atoms with Gasteiger partial charge in [0.25, 0.3) is 0 Å². The largest absolute Gasteiger partial charge is 0.330 e. The van der Waals surface area contributed by atoms with Gasteiger partial charge in [0.2, 0.25) is 0 Å². The summed E-state index contributed by atoms with van der Waals surface area (Å²) in [5.41, 5.74) is 10.4. The number of halogens is 2. The molecule has 26 heavy (non-hydrogen) atoms. The Bertz CT molecular complexity index is 725. The molecule has 3 heteroatoms. The van der Waals surface area contributed by atoms with Crippen LogP contribution in [0.4, 0.5) is 0 Å². The highest BCUT2D eigenvalue weighted by atomic mass is 35.5. The Kier molecular flexibility index (Phi) is 6.80. The smallest absolute Gasteiger partial charge is 0.0502 e. The first kappa shape index (κ1) is 19.5. The number of hydrogen-bond donors (Lipinski definition) is 1. The number of hydrogen-bond acceptors (Lipinski definition) is 1. The van der Waals surface area contributed by atoms with Crippen molar-refractivity contribution < 1.29 is 0 Å². The van der Waals surface area contributed by atoms with Crippen LogP contribution in [0.1, 0.15) is 37.7 Å². The minimum Gasteiger partial charge on any atom is -0.330 e. The lowest BCUT2D eigenvalue weighted by atomic mass is 9.75. The molecule has 138 valence electrons. The van der Waals surface area contributed by atoms with Crippen molar-refractivity contribution in [3.63, 3.8) is 0 Å². The van der Waals surface area contributed by atoms with Crippen LogP contribution in [0.15, 0.2) is 54.6 Å². The van der Waals surface area contributed by atoms with Gasteiger partial charge in [-0.15, -0.1) is 0 Å². The second kappa shape index (κ2) is 9.08. The minimum absolute atomic E-state index is 0.390. The van der Waals surface area contributed by atoms with Gasteiger partial charge in [-0.1, -0.05) is 84.9 Å². The molecule has 2 aromatic carbocycles.